The summed E-state index contributed by atoms with van der Waals surface area (Å²) in [5, 5.41) is 0. The van der Waals surface area contributed by atoms with Crippen LogP contribution in [0.1, 0.15) is 5.56 Å². The Hall–Kier alpha value is -2.73. The number of halogens is 1. The zero-order valence-electron chi connectivity index (χ0n) is 15.4. The highest BCUT2D eigenvalue weighted by molar-refractivity contribution is 9.10. The number of rotatable bonds is 4. The average molecular weight is 441 g/mol. The molecule has 4 rings (SSSR count). The molecule has 0 N–H and O–H groups in total. The third-order valence-electron chi connectivity index (χ3n) is 4.82. The van der Waals surface area contributed by atoms with E-state index in [-0.39, 0.29) is 12.7 Å². The van der Waals surface area contributed by atoms with E-state index in [0.29, 0.717) is 0 Å². The van der Waals surface area contributed by atoms with Crippen molar-refractivity contribution >= 4 is 33.6 Å². The fourth-order valence-corrected chi connectivity index (χ4v) is 3.53. The molecule has 144 valence electrons. The van der Waals surface area contributed by atoms with Crippen molar-refractivity contribution in [2.24, 2.45) is 0 Å². The number of hydrogen-bond acceptors (Lipinski definition) is 4. The van der Waals surface area contributed by atoms with Crippen LogP contribution in [-0.2, 0) is 4.79 Å². The van der Waals surface area contributed by atoms with Gasteiger partial charge in [-0.1, -0.05) is 40.2 Å². The van der Waals surface area contributed by atoms with Crippen LogP contribution in [0.2, 0.25) is 0 Å². The van der Waals surface area contributed by atoms with E-state index in [0.717, 1.165) is 47.7 Å². The Labute approximate surface area is 173 Å². The lowest BCUT2D eigenvalue weighted by molar-refractivity contribution is -0.126. The molecule has 1 fully saturated rings. The van der Waals surface area contributed by atoms with Crippen molar-refractivity contribution in [1.29, 1.82) is 0 Å². The van der Waals surface area contributed by atoms with Gasteiger partial charge < -0.3 is 19.3 Å². The van der Waals surface area contributed by atoms with Gasteiger partial charge in [-0.2, -0.15) is 0 Å². The highest BCUT2D eigenvalue weighted by Crippen LogP contribution is 2.32. The topological polar surface area (TPSA) is 42.0 Å². The molecule has 2 heterocycles. The van der Waals surface area contributed by atoms with Crippen LogP contribution in [0.5, 0.6) is 11.5 Å². The van der Waals surface area contributed by atoms with Crippen molar-refractivity contribution < 1.29 is 14.3 Å². The van der Waals surface area contributed by atoms with Crippen molar-refractivity contribution in [1.82, 2.24) is 4.90 Å². The summed E-state index contributed by atoms with van der Waals surface area (Å²) in [6.45, 7) is 3.41. The van der Waals surface area contributed by atoms with Gasteiger partial charge in [0.2, 0.25) is 12.7 Å². The Kier molecular flexibility index (Phi) is 5.67. The molecule has 0 aromatic heterocycles. The van der Waals surface area contributed by atoms with Crippen molar-refractivity contribution in [3.8, 4) is 11.5 Å². The minimum Gasteiger partial charge on any atom is -0.454 e. The Morgan fingerprint density at radius 3 is 2.46 bits per heavy atom. The zero-order valence-corrected chi connectivity index (χ0v) is 17.0. The fourth-order valence-electron chi connectivity index (χ4n) is 3.26. The third-order valence-corrected chi connectivity index (χ3v) is 5.35. The summed E-state index contributed by atoms with van der Waals surface area (Å²) in [4.78, 5) is 16.6. The summed E-state index contributed by atoms with van der Waals surface area (Å²) in [5.41, 5.74) is 2.20. The first-order chi connectivity index (χ1) is 13.7. The Bertz CT molecular complexity index is 900. The fraction of sp³-hybridized carbons (Fsp3) is 0.227. The molecular formula is C22H21BrN2O3. The number of carbonyl (C=O) groups is 1. The first-order valence-electron chi connectivity index (χ1n) is 9.23. The predicted octanol–water partition coefficient (Wildman–Crippen LogP) is 4.10. The summed E-state index contributed by atoms with van der Waals surface area (Å²) < 4.78 is 11.7. The molecule has 2 aliphatic rings. The molecular weight excluding hydrogens is 420 g/mol. The molecule has 0 spiro atoms. The number of ether oxygens (including phenoxy) is 2. The molecule has 0 radical (unpaired) electrons. The van der Waals surface area contributed by atoms with Crippen molar-refractivity contribution in [3.05, 3.63) is 70.7 Å². The number of allylic oxidation sites excluding steroid dienone is 2. The van der Waals surface area contributed by atoms with Crippen LogP contribution in [0.3, 0.4) is 0 Å². The SMILES string of the molecule is O=C(C=CC=Cc1ccc2c(c1)OCO2)N1CCN(c2ccc(Br)cc2)CC1. The third kappa shape index (κ3) is 4.39. The molecule has 1 saturated heterocycles. The molecule has 0 atom stereocenters. The summed E-state index contributed by atoms with van der Waals surface area (Å²) >= 11 is 3.46. The normalized spacial score (nSPS) is 16.3. The lowest BCUT2D eigenvalue weighted by atomic mass is 10.2. The van der Waals surface area contributed by atoms with Gasteiger partial charge in [0.1, 0.15) is 0 Å². The Morgan fingerprint density at radius 1 is 0.929 bits per heavy atom. The minimum absolute atomic E-state index is 0.0470. The Morgan fingerprint density at radius 2 is 1.68 bits per heavy atom. The van der Waals surface area contributed by atoms with Gasteiger partial charge >= 0.3 is 0 Å². The van der Waals surface area contributed by atoms with Gasteiger partial charge in [0.15, 0.2) is 11.5 Å². The number of amides is 1. The molecule has 0 aliphatic carbocycles. The smallest absolute Gasteiger partial charge is 0.246 e. The van der Waals surface area contributed by atoms with Crippen LogP contribution >= 0.6 is 15.9 Å². The molecule has 2 aromatic carbocycles. The number of hydrogen-bond donors (Lipinski definition) is 0. The average Bonchev–Trinajstić information content (AvgIpc) is 3.20. The maximum Gasteiger partial charge on any atom is 0.246 e. The second-order valence-corrected chi connectivity index (χ2v) is 7.54. The van der Waals surface area contributed by atoms with Crippen molar-refractivity contribution in [2.45, 2.75) is 0 Å². The molecule has 0 saturated carbocycles. The van der Waals surface area contributed by atoms with E-state index < -0.39 is 0 Å². The largest absolute Gasteiger partial charge is 0.454 e. The summed E-state index contributed by atoms with van der Waals surface area (Å²) in [6, 6.07) is 14.1. The lowest BCUT2D eigenvalue weighted by Crippen LogP contribution is -2.48. The maximum atomic E-state index is 12.4. The Balaban J connectivity index is 1.27. The first kappa shape index (κ1) is 18.6. The van der Waals surface area contributed by atoms with Crippen molar-refractivity contribution in [2.75, 3.05) is 37.9 Å². The van der Waals surface area contributed by atoms with E-state index in [1.165, 1.54) is 5.69 Å². The molecule has 1 amide bonds. The monoisotopic (exact) mass is 440 g/mol. The van der Waals surface area contributed by atoms with Crippen LogP contribution in [0, 0.1) is 0 Å². The van der Waals surface area contributed by atoms with Crippen LogP contribution in [-0.4, -0.2) is 43.8 Å². The summed E-state index contributed by atoms with van der Waals surface area (Å²) in [6.07, 6.45) is 7.22. The quantitative estimate of drug-likeness (QED) is 0.530. The summed E-state index contributed by atoms with van der Waals surface area (Å²) in [7, 11) is 0. The van der Waals surface area contributed by atoms with Gasteiger partial charge in [0.05, 0.1) is 0 Å². The molecule has 2 aliphatic heterocycles. The number of fused-ring (bicyclic) bond motifs is 1. The highest BCUT2D eigenvalue weighted by atomic mass is 79.9. The maximum absolute atomic E-state index is 12.4. The number of carbonyl (C=O) groups excluding carboxylic acids is 1. The van der Waals surface area contributed by atoms with Gasteiger partial charge in [-0.15, -0.1) is 0 Å². The molecule has 5 nitrogen and oxygen atoms in total. The zero-order chi connectivity index (χ0) is 19.3. The van der Waals surface area contributed by atoms with E-state index in [9.17, 15) is 4.79 Å². The van der Waals surface area contributed by atoms with Crippen LogP contribution < -0.4 is 14.4 Å². The molecule has 2 aromatic rings. The van der Waals surface area contributed by atoms with E-state index in [2.05, 4.69) is 33.0 Å². The van der Waals surface area contributed by atoms with Crippen molar-refractivity contribution in [3.63, 3.8) is 0 Å². The van der Waals surface area contributed by atoms with Gasteiger partial charge in [-0.05, 0) is 42.0 Å². The molecule has 28 heavy (non-hydrogen) atoms. The van der Waals surface area contributed by atoms with Gasteiger partial charge in [-0.25, -0.2) is 0 Å². The number of anilines is 1. The highest BCUT2D eigenvalue weighted by Gasteiger charge is 2.19. The predicted molar refractivity (Wildman–Crippen MR) is 114 cm³/mol. The van der Waals surface area contributed by atoms with Gasteiger partial charge in [0, 0.05) is 42.4 Å². The van der Waals surface area contributed by atoms with Crippen LogP contribution in [0.15, 0.2) is 65.2 Å². The van der Waals surface area contributed by atoms with Crippen LogP contribution in [0.4, 0.5) is 5.69 Å². The molecule has 0 unspecified atom stereocenters. The summed E-state index contributed by atoms with van der Waals surface area (Å²) in [5.74, 6) is 1.57. The number of nitrogens with zero attached hydrogens (tertiary/aromatic N) is 2. The first-order valence-corrected chi connectivity index (χ1v) is 10.0. The second-order valence-electron chi connectivity index (χ2n) is 6.62. The van der Waals surface area contributed by atoms with Gasteiger partial charge in [0.25, 0.3) is 0 Å². The number of benzene rings is 2. The second kappa shape index (κ2) is 8.52. The van der Waals surface area contributed by atoms with E-state index in [1.807, 2.05) is 47.4 Å². The van der Waals surface area contributed by atoms with Crippen LogP contribution in [0.25, 0.3) is 6.08 Å². The van der Waals surface area contributed by atoms with E-state index >= 15 is 0 Å². The van der Waals surface area contributed by atoms with E-state index in [4.69, 9.17) is 9.47 Å². The lowest BCUT2D eigenvalue weighted by Gasteiger charge is -2.35. The standard InChI is InChI=1S/C22H21BrN2O3/c23-18-6-8-19(9-7-18)24-11-13-25(14-12-24)22(26)4-2-1-3-17-5-10-20-21(15-17)28-16-27-20/h1-10,15H,11-14,16H2. The minimum atomic E-state index is 0.0470. The molecule has 6 heteroatoms. The number of piperazine rings is 1. The molecule has 0 bridgehead atoms. The van der Waals surface area contributed by atoms with E-state index in [1.54, 1.807) is 12.2 Å². The van der Waals surface area contributed by atoms with Gasteiger partial charge in [-0.3, -0.25) is 4.79 Å².